The van der Waals surface area contributed by atoms with Crippen molar-refractivity contribution in [3.63, 3.8) is 0 Å². The highest BCUT2D eigenvalue weighted by molar-refractivity contribution is 14.2. The fourth-order valence-electron chi connectivity index (χ4n) is 1.18. The Hall–Kier alpha value is 1.00. The molecular weight excluding hydrogens is 297 g/mol. The number of rotatable bonds is 9. The van der Waals surface area contributed by atoms with E-state index in [-0.39, 0.29) is 0 Å². The van der Waals surface area contributed by atoms with Gasteiger partial charge in [0.05, 0.1) is 15.3 Å². The third kappa shape index (κ3) is 9.31. The van der Waals surface area contributed by atoms with Crippen molar-refractivity contribution in [2.24, 2.45) is 0 Å². The molecule has 0 saturated carbocycles. The lowest BCUT2D eigenvalue weighted by Gasteiger charge is -2.14. The minimum atomic E-state index is 0.427. The van der Waals surface area contributed by atoms with E-state index >= 15 is 0 Å². The number of hydrogen-bond acceptors (Lipinski definition) is 3. The van der Waals surface area contributed by atoms with Gasteiger partial charge in [0, 0.05) is 21.2 Å². The number of hydrogen-bond donors (Lipinski definition) is 1. The molecule has 0 aromatic carbocycles. The largest absolute Gasteiger partial charge is 0.317 e. The van der Waals surface area contributed by atoms with Crippen molar-refractivity contribution >= 4 is 30.4 Å². The fourth-order valence-corrected chi connectivity index (χ4v) is 2.35. The van der Waals surface area contributed by atoms with Crippen LogP contribution in [0, 0.1) is 0 Å². The molecule has 0 aliphatic carbocycles. The van der Waals surface area contributed by atoms with Gasteiger partial charge in [0.15, 0.2) is 0 Å². The molecule has 0 bridgehead atoms. The molecule has 0 rings (SSSR count). The van der Waals surface area contributed by atoms with E-state index in [0.29, 0.717) is 6.10 Å². The van der Waals surface area contributed by atoms with Gasteiger partial charge < -0.3 is 9.50 Å². The normalized spacial score (nSPS) is 13.2. The molecule has 0 radical (unpaired) electrons. The van der Waals surface area contributed by atoms with Crippen LogP contribution in [0.2, 0.25) is 0 Å². The van der Waals surface area contributed by atoms with E-state index in [4.69, 9.17) is 4.18 Å². The number of halogens is 1. The molecule has 1 atom stereocenters. The van der Waals surface area contributed by atoms with E-state index < -0.39 is 0 Å². The average Bonchev–Trinajstić information content (AvgIpc) is 2.13. The van der Waals surface area contributed by atoms with Crippen LogP contribution < -0.4 is 5.32 Å². The predicted octanol–water partition coefficient (Wildman–Crippen LogP) is 3.56. The zero-order chi connectivity index (χ0) is 9.94. The van der Waals surface area contributed by atoms with Crippen LogP contribution >= 0.6 is 30.4 Å². The van der Waals surface area contributed by atoms with Crippen molar-refractivity contribution in [1.82, 2.24) is 5.32 Å². The summed E-state index contributed by atoms with van der Waals surface area (Å²) in [5.41, 5.74) is 0. The zero-order valence-corrected chi connectivity index (χ0v) is 11.5. The van der Waals surface area contributed by atoms with Gasteiger partial charge in [-0.1, -0.05) is 20.3 Å². The Bertz CT molecular complexity index is 99.6. The maximum atomic E-state index is 5.53. The van der Waals surface area contributed by atoms with Crippen LogP contribution in [-0.2, 0) is 4.18 Å². The van der Waals surface area contributed by atoms with Crippen LogP contribution in [0.4, 0.5) is 0 Å². The third-order valence-corrected chi connectivity index (χ3v) is 2.82. The average molecular weight is 317 g/mol. The number of nitrogens with one attached hydrogen (secondary N) is 1. The molecule has 13 heavy (non-hydrogen) atoms. The fraction of sp³-hybridized carbons (Fsp3) is 1.00. The minimum absolute atomic E-state index is 0.427. The second-order valence-corrected chi connectivity index (χ2v) is 4.51. The Labute approximate surface area is 98.4 Å². The van der Waals surface area contributed by atoms with Crippen molar-refractivity contribution in [3.05, 3.63) is 0 Å². The maximum Gasteiger partial charge on any atom is 0.0743 e. The molecule has 4 heteroatoms. The molecule has 1 N–H and O–H groups in total. The van der Waals surface area contributed by atoms with Crippen LogP contribution in [0.3, 0.4) is 0 Å². The molecule has 0 aliphatic rings. The third-order valence-electron chi connectivity index (χ3n) is 1.85. The van der Waals surface area contributed by atoms with Gasteiger partial charge in [-0.05, 0) is 32.4 Å². The molecule has 0 aromatic heterocycles. The highest BCUT2D eigenvalue weighted by atomic mass is 127. The Balaban J connectivity index is 3.33. The first-order valence-electron chi connectivity index (χ1n) is 4.99. The van der Waals surface area contributed by atoms with Gasteiger partial charge in [0.25, 0.3) is 0 Å². The van der Waals surface area contributed by atoms with Crippen molar-refractivity contribution < 1.29 is 4.18 Å². The Morgan fingerprint density at radius 1 is 1.23 bits per heavy atom. The molecule has 0 saturated heterocycles. The first-order valence-corrected chi connectivity index (χ1v) is 8.28. The van der Waals surface area contributed by atoms with Gasteiger partial charge in [-0.15, -0.1) is 0 Å². The van der Waals surface area contributed by atoms with Gasteiger partial charge in [-0.25, -0.2) is 0 Å². The highest BCUT2D eigenvalue weighted by Crippen LogP contribution is 2.20. The summed E-state index contributed by atoms with van der Waals surface area (Å²) in [5.74, 6) is 0. The van der Waals surface area contributed by atoms with E-state index in [0.717, 1.165) is 19.5 Å². The Kier molecular flexibility index (Phi) is 11.9. The highest BCUT2D eigenvalue weighted by Gasteiger charge is 2.07. The monoisotopic (exact) mass is 317 g/mol. The summed E-state index contributed by atoms with van der Waals surface area (Å²) in [4.78, 5) is 0. The maximum absolute atomic E-state index is 5.53. The summed E-state index contributed by atoms with van der Waals surface area (Å²) in [7, 11) is 1.46. The second kappa shape index (κ2) is 11.1. The Morgan fingerprint density at radius 3 is 2.54 bits per heavy atom. The first kappa shape index (κ1) is 14.0. The van der Waals surface area contributed by atoms with E-state index in [1.165, 1.54) is 28.5 Å². The lowest BCUT2D eigenvalue weighted by molar-refractivity contribution is 0.218. The molecule has 0 fully saturated rings. The van der Waals surface area contributed by atoms with Crippen LogP contribution in [0.5, 0.6) is 0 Å². The molecule has 2 nitrogen and oxygen atoms in total. The molecule has 0 spiro atoms. The quantitative estimate of drug-likeness (QED) is 0.399. The van der Waals surface area contributed by atoms with E-state index in [9.17, 15) is 0 Å². The second-order valence-electron chi connectivity index (χ2n) is 3.11. The van der Waals surface area contributed by atoms with E-state index in [2.05, 4.69) is 40.4 Å². The van der Waals surface area contributed by atoms with Gasteiger partial charge >= 0.3 is 0 Å². The van der Waals surface area contributed by atoms with Crippen LogP contribution in [0.1, 0.15) is 39.5 Å². The van der Waals surface area contributed by atoms with Crippen molar-refractivity contribution in [1.29, 1.82) is 0 Å². The molecule has 0 aromatic rings. The summed E-state index contributed by atoms with van der Waals surface area (Å²) >= 11 is 2.18. The van der Waals surface area contributed by atoms with Crippen molar-refractivity contribution in [2.75, 3.05) is 13.1 Å². The summed E-state index contributed by atoms with van der Waals surface area (Å²) < 4.78 is 5.53. The minimum Gasteiger partial charge on any atom is -0.317 e. The lowest BCUT2D eigenvalue weighted by atomic mass is 10.1. The SMILES string of the molecule is CCCNCCC(CCC)OSI. The first-order chi connectivity index (χ1) is 6.35. The molecule has 0 heterocycles. The standard InChI is InChI=1S/C9H20INOS/c1-3-5-9(12-13-10)6-8-11-7-4-2/h9,11H,3-8H2,1-2H3. The zero-order valence-electron chi connectivity index (χ0n) is 8.51. The molecule has 0 amide bonds. The molecular formula is C9H20INOS. The van der Waals surface area contributed by atoms with E-state index in [1.807, 2.05) is 0 Å². The van der Waals surface area contributed by atoms with Gasteiger partial charge in [-0.2, -0.15) is 0 Å². The summed E-state index contributed by atoms with van der Waals surface area (Å²) in [5, 5.41) is 3.39. The van der Waals surface area contributed by atoms with Gasteiger partial charge in [0.2, 0.25) is 0 Å². The molecule has 1 unspecified atom stereocenters. The lowest BCUT2D eigenvalue weighted by Crippen LogP contribution is -2.21. The summed E-state index contributed by atoms with van der Waals surface area (Å²) in [6.07, 6.45) is 5.14. The van der Waals surface area contributed by atoms with Crippen molar-refractivity contribution in [3.8, 4) is 0 Å². The summed E-state index contributed by atoms with van der Waals surface area (Å²) in [6.45, 7) is 6.59. The molecule has 80 valence electrons. The van der Waals surface area contributed by atoms with Crippen LogP contribution in [0.15, 0.2) is 0 Å². The van der Waals surface area contributed by atoms with Crippen molar-refractivity contribution in [2.45, 2.75) is 45.6 Å². The van der Waals surface area contributed by atoms with Crippen LogP contribution in [0.25, 0.3) is 0 Å². The van der Waals surface area contributed by atoms with Gasteiger partial charge in [-0.3, -0.25) is 0 Å². The smallest absolute Gasteiger partial charge is 0.0743 e. The van der Waals surface area contributed by atoms with E-state index in [1.54, 1.807) is 0 Å². The Morgan fingerprint density at radius 2 is 2.00 bits per heavy atom. The van der Waals surface area contributed by atoms with Gasteiger partial charge in [0.1, 0.15) is 0 Å². The molecule has 0 aliphatic heterocycles. The predicted molar refractivity (Wildman–Crippen MR) is 69.2 cm³/mol. The topological polar surface area (TPSA) is 21.3 Å². The summed E-state index contributed by atoms with van der Waals surface area (Å²) in [6, 6.07) is 0. The van der Waals surface area contributed by atoms with Crippen LogP contribution in [-0.4, -0.2) is 19.2 Å².